The molecule has 5 nitrogen and oxygen atoms in total. The third-order valence-electron chi connectivity index (χ3n) is 2.83. The first-order valence-corrected chi connectivity index (χ1v) is 8.29. The molecule has 7 heteroatoms. The molecule has 0 fully saturated rings. The van der Waals surface area contributed by atoms with Crippen LogP contribution in [0.15, 0.2) is 17.0 Å². The van der Waals surface area contributed by atoms with E-state index in [1.807, 2.05) is 6.92 Å². The molecular weight excluding hydrogens is 302 g/mol. The van der Waals surface area contributed by atoms with Gasteiger partial charge >= 0.3 is 0 Å². The summed E-state index contributed by atoms with van der Waals surface area (Å²) in [5.74, 6) is 0.125. The Morgan fingerprint density at radius 1 is 1.35 bits per heavy atom. The van der Waals surface area contributed by atoms with Crippen molar-refractivity contribution in [3.05, 3.63) is 22.7 Å². The number of sulfonamides is 1. The van der Waals surface area contributed by atoms with E-state index in [0.717, 1.165) is 19.3 Å². The number of unbranched alkanes of at least 4 members (excludes halogenated alkanes) is 2. The lowest BCUT2D eigenvalue weighted by Crippen LogP contribution is -2.25. The summed E-state index contributed by atoms with van der Waals surface area (Å²) in [6, 6.07) is 2.80. The van der Waals surface area contributed by atoms with Crippen LogP contribution in [-0.2, 0) is 16.6 Å². The zero-order valence-electron chi connectivity index (χ0n) is 11.6. The summed E-state index contributed by atoms with van der Waals surface area (Å²) < 4.78 is 32.1. The number of ether oxygens (including phenoxy) is 1. The molecule has 0 atom stereocenters. The summed E-state index contributed by atoms with van der Waals surface area (Å²) in [5, 5.41) is 9.50. The monoisotopic (exact) mass is 321 g/mol. The van der Waals surface area contributed by atoms with Gasteiger partial charge in [0.15, 0.2) is 0 Å². The summed E-state index contributed by atoms with van der Waals surface area (Å²) >= 11 is 5.89. The van der Waals surface area contributed by atoms with Crippen molar-refractivity contribution in [3.8, 4) is 5.75 Å². The number of hydrogen-bond donors (Lipinski definition) is 2. The van der Waals surface area contributed by atoms with E-state index in [4.69, 9.17) is 16.3 Å². The Hall–Kier alpha value is -0.820. The number of aliphatic hydroxyl groups excluding tert-OH is 1. The first-order valence-electron chi connectivity index (χ1n) is 6.43. The molecule has 1 aromatic carbocycles. The summed E-state index contributed by atoms with van der Waals surface area (Å²) in [6.45, 7) is 2.06. The van der Waals surface area contributed by atoms with E-state index >= 15 is 0 Å². The Bertz CT molecular complexity index is 546. The quantitative estimate of drug-likeness (QED) is 0.720. The van der Waals surface area contributed by atoms with Crippen LogP contribution >= 0.6 is 11.6 Å². The highest BCUT2D eigenvalue weighted by molar-refractivity contribution is 7.89. The standard InChI is InChI=1S/C13H20ClNO4S/c1-3-4-5-6-15-20(17,18)12-8-11(14)7-10(9-16)13(12)19-2/h7-8,15-16H,3-6,9H2,1-2H3. The van der Waals surface area contributed by atoms with Gasteiger partial charge in [0, 0.05) is 17.1 Å². The van der Waals surface area contributed by atoms with Crippen LogP contribution in [0.3, 0.4) is 0 Å². The van der Waals surface area contributed by atoms with Gasteiger partial charge in [-0.05, 0) is 18.6 Å². The number of nitrogens with one attached hydrogen (secondary N) is 1. The highest BCUT2D eigenvalue weighted by Crippen LogP contribution is 2.31. The van der Waals surface area contributed by atoms with Crippen molar-refractivity contribution in [2.45, 2.75) is 37.7 Å². The summed E-state index contributed by atoms with van der Waals surface area (Å²) in [7, 11) is -2.35. The van der Waals surface area contributed by atoms with Gasteiger partial charge in [-0.25, -0.2) is 13.1 Å². The molecule has 0 spiro atoms. The van der Waals surface area contributed by atoms with Gasteiger partial charge < -0.3 is 9.84 Å². The molecule has 0 aliphatic carbocycles. The smallest absolute Gasteiger partial charge is 0.244 e. The van der Waals surface area contributed by atoms with Crippen LogP contribution in [0.5, 0.6) is 5.75 Å². The molecule has 0 radical (unpaired) electrons. The molecule has 20 heavy (non-hydrogen) atoms. The number of halogens is 1. The van der Waals surface area contributed by atoms with E-state index in [9.17, 15) is 13.5 Å². The van der Waals surface area contributed by atoms with E-state index in [1.165, 1.54) is 19.2 Å². The van der Waals surface area contributed by atoms with Gasteiger partial charge in [-0.1, -0.05) is 31.4 Å². The van der Waals surface area contributed by atoms with Gasteiger partial charge in [0.2, 0.25) is 10.0 Å². The molecule has 1 rings (SSSR count). The van der Waals surface area contributed by atoms with E-state index in [-0.39, 0.29) is 22.3 Å². The minimum absolute atomic E-state index is 0.0481. The third-order valence-corrected chi connectivity index (χ3v) is 4.52. The molecule has 0 heterocycles. The van der Waals surface area contributed by atoms with Crippen LogP contribution in [0.2, 0.25) is 5.02 Å². The summed E-state index contributed by atoms with van der Waals surface area (Å²) in [5.41, 5.74) is 0.342. The fourth-order valence-electron chi connectivity index (χ4n) is 1.83. The fourth-order valence-corrected chi connectivity index (χ4v) is 3.45. The summed E-state index contributed by atoms with van der Waals surface area (Å²) in [6.07, 6.45) is 2.74. The maximum atomic E-state index is 12.3. The molecular formula is C13H20ClNO4S. The molecule has 0 saturated carbocycles. The van der Waals surface area contributed by atoms with Crippen LogP contribution in [0.1, 0.15) is 31.7 Å². The van der Waals surface area contributed by atoms with Gasteiger partial charge in [-0.3, -0.25) is 0 Å². The van der Waals surface area contributed by atoms with Gasteiger partial charge in [-0.15, -0.1) is 0 Å². The maximum absolute atomic E-state index is 12.3. The van der Waals surface area contributed by atoms with Crippen molar-refractivity contribution in [1.82, 2.24) is 4.72 Å². The van der Waals surface area contributed by atoms with Crippen molar-refractivity contribution in [2.75, 3.05) is 13.7 Å². The Morgan fingerprint density at radius 2 is 2.05 bits per heavy atom. The van der Waals surface area contributed by atoms with Crippen LogP contribution < -0.4 is 9.46 Å². The molecule has 114 valence electrons. The predicted molar refractivity (Wildman–Crippen MR) is 78.6 cm³/mol. The van der Waals surface area contributed by atoms with Crippen molar-refractivity contribution in [3.63, 3.8) is 0 Å². The molecule has 0 aliphatic heterocycles. The van der Waals surface area contributed by atoms with Gasteiger partial charge in [0.25, 0.3) is 0 Å². The number of rotatable bonds is 8. The second-order valence-corrected chi connectivity index (χ2v) is 6.53. The Labute approximate surface area is 125 Å². The van der Waals surface area contributed by atoms with Gasteiger partial charge in [0.1, 0.15) is 10.6 Å². The van der Waals surface area contributed by atoms with Crippen LogP contribution in [0, 0.1) is 0 Å². The van der Waals surface area contributed by atoms with Crippen molar-refractivity contribution >= 4 is 21.6 Å². The molecule has 0 aliphatic rings. The Morgan fingerprint density at radius 3 is 2.60 bits per heavy atom. The predicted octanol–water partition coefficient (Wildman–Crippen LogP) is 2.31. The lowest BCUT2D eigenvalue weighted by atomic mass is 10.2. The normalized spacial score (nSPS) is 11.6. The third kappa shape index (κ3) is 4.34. The molecule has 0 bridgehead atoms. The number of methoxy groups -OCH3 is 1. The molecule has 0 aromatic heterocycles. The summed E-state index contributed by atoms with van der Waals surface area (Å²) in [4.78, 5) is -0.0481. The first-order chi connectivity index (χ1) is 9.46. The zero-order valence-corrected chi connectivity index (χ0v) is 13.2. The molecule has 1 aromatic rings. The average molecular weight is 322 g/mol. The highest BCUT2D eigenvalue weighted by Gasteiger charge is 2.22. The van der Waals surface area contributed by atoms with Crippen molar-refractivity contribution < 1.29 is 18.3 Å². The van der Waals surface area contributed by atoms with Crippen LogP contribution in [0.4, 0.5) is 0 Å². The SMILES string of the molecule is CCCCCNS(=O)(=O)c1cc(Cl)cc(CO)c1OC. The fraction of sp³-hybridized carbons (Fsp3) is 0.538. The zero-order chi connectivity index (χ0) is 15.2. The molecule has 0 unspecified atom stereocenters. The van der Waals surface area contributed by atoms with Crippen molar-refractivity contribution in [1.29, 1.82) is 0 Å². The minimum atomic E-state index is -3.71. The van der Waals surface area contributed by atoms with Gasteiger partial charge in [0.05, 0.1) is 13.7 Å². The van der Waals surface area contributed by atoms with E-state index in [1.54, 1.807) is 0 Å². The Balaban J connectivity index is 3.07. The minimum Gasteiger partial charge on any atom is -0.495 e. The second kappa shape index (κ2) is 7.83. The number of aliphatic hydroxyl groups is 1. The molecule has 0 saturated heterocycles. The number of benzene rings is 1. The van der Waals surface area contributed by atoms with Crippen molar-refractivity contribution in [2.24, 2.45) is 0 Å². The molecule has 0 amide bonds. The largest absolute Gasteiger partial charge is 0.495 e. The van der Waals surface area contributed by atoms with E-state index < -0.39 is 10.0 Å². The number of hydrogen-bond acceptors (Lipinski definition) is 4. The first kappa shape index (κ1) is 17.2. The topological polar surface area (TPSA) is 75.6 Å². The second-order valence-electron chi connectivity index (χ2n) is 4.36. The maximum Gasteiger partial charge on any atom is 0.244 e. The lowest BCUT2D eigenvalue weighted by Gasteiger charge is -2.14. The van der Waals surface area contributed by atoms with Gasteiger partial charge in [-0.2, -0.15) is 0 Å². The Kier molecular flexibility index (Phi) is 6.75. The van der Waals surface area contributed by atoms with E-state index in [0.29, 0.717) is 12.1 Å². The highest BCUT2D eigenvalue weighted by atomic mass is 35.5. The average Bonchev–Trinajstić information content (AvgIpc) is 2.42. The van der Waals surface area contributed by atoms with E-state index in [2.05, 4.69) is 4.72 Å². The van der Waals surface area contributed by atoms with Crippen LogP contribution in [0.25, 0.3) is 0 Å². The molecule has 2 N–H and O–H groups in total. The lowest BCUT2D eigenvalue weighted by molar-refractivity contribution is 0.272. The van der Waals surface area contributed by atoms with Crippen LogP contribution in [-0.4, -0.2) is 27.2 Å².